The lowest BCUT2D eigenvalue weighted by atomic mass is 9.79. The van der Waals surface area contributed by atoms with Gasteiger partial charge in [0.2, 0.25) is 0 Å². The van der Waals surface area contributed by atoms with Crippen molar-refractivity contribution in [1.82, 2.24) is 5.32 Å². The Kier molecular flexibility index (Phi) is 4.31. The Balaban J connectivity index is 3.11. The van der Waals surface area contributed by atoms with Gasteiger partial charge in [-0.2, -0.15) is 0 Å². The van der Waals surface area contributed by atoms with Crippen molar-refractivity contribution >= 4 is 0 Å². The van der Waals surface area contributed by atoms with Gasteiger partial charge in [0.15, 0.2) is 0 Å². The summed E-state index contributed by atoms with van der Waals surface area (Å²) >= 11 is 0. The van der Waals surface area contributed by atoms with Crippen molar-refractivity contribution in [3.05, 3.63) is 48.6 Å². The van der Waals surface area contributed by atoms with Crippen LogP contribution in [0.5, 0.6) is 0 Å². The van der Waals surface area contributed by atoms with Crippen LogP contribution >= 0.6 is 0 Å². The maximum absolute atomic E-state index is 3.92. The van der Waals surface area contributed by atoms with E-state index in [1.54, 1.807) is 0 Å². The third-order valence-corrected chi connectivity index (χ3v) is 3.73. The van der Waals surface area contributed by atoms with E-state index in [9.17, 15) is 0 Å². The molecular formula is C15H23N. The molecule has 0 saturated heterocycles. The topological polar surface area (TPSA) is 12.0 Å². The fourth-order valence-corrected chi connectivity index (χ4v) is 2.60. The third-order valence-electron chi connectivity index (χ3n) is 3.73. The van der Waals surface area contributed by atoms with E-state index in [0.717, 1.165) is 6.42 Å². The van der Waals surface area contributed by atoms with Crippen LogP contribution in [0.2, 0.25) is 0 Å². The summed E-state index contributed by atoms with van der Waals surface area (Å²) in [6, 6.07) is 0.418. The molecule has 0 aromatic heterocycles. The molecule has 0 aromatic rings. The molecule has 1 rings (SSSR count). The van der Waals surface area contributed by atoms with E-state index in [1.807, 2.05) is 25.3 Å². The predicted octanol–water partition coefficient (Wildman–Crippen LogP) is 3.62. The van der Waals surface area contributed by atoms with Gasteiger partial charge in [-0.15, -0.1) is 0 Å². The van der Waals surface area contributed by atoms with Crippen molar-refractivity contribution in [2.45, 2.75) is 32.7 Å². The molecule has 2 unspecified atom stereocenters. The van der Waals surface area contributed by atoms with Crippen LogP contribution in [0.1, 0.15) is 26.7 Å². The highest BCUT2D eigenvalue weighted by atomic mass is 14.9. The maximum atomic E-state index is 3.92. The Morgan fingerprint density at radius 3 is 2.62 bits per heavy atom. The second-order valence-electron chi connectivity index (χ2n) is 4.69. The molecule has 1 aliphatic carbocycles. The number of rotatable bonds is 5. The first-order chi connectivity index (χ1) is 7.62. The molecule has 0 aliphatic heterocycles. The normalized spacial score (nSPS) is 30.1. The van der Waals surface area contributed by atoms with Gasteiger partial charge in [0.05, 0.1) is 0 Å². The van der Waals surface area contributed by atoms with Crippen LogP contribution in [0, 0.1) is 5.41 Å². The van der Waals surface area contributed by atoms with E-state index in [-0.39, 0.29) is 0 Å². The number of likely N-dealkylation sites (N-methyl/N-ethyl adjacent to an activating group) is 1. The van der Waals surface area contributed by atoms with Crippen LogP contribution in [-0.2, 0) is 0 Å². The Hall–Kier alpha value is -1.08. The highest BCUT2D eigenvalue weighted by Crippen LogP contribution is 2.45. The summed E-state index contributed by atoms with van der Waals surface area (Å²) in [6.45, 7) is 12.2. The van der Waals surface area contributed by atoms with E-state index < -0.39 is 0 Å². The SMILES string of the molecule is C=C/C=C\C1=C(C=C)CC(C)(CC)C1NC. The van der Waals surface area contributed by atoms with Crippen LogP contribution < -0.4 is 5.32 Å². The minimum absolute atomic E-state index is 0.305. The molecule has 88 valence electrons. The van der Waals surface area contributed by atoms with Crippen molar-refractivity contribution in [2.75, 3.05) is 7.05 Å². The molecule has 0 aromatic carbocycles. The highest BCUT2D eigenvalue weighted by Gasteiger charge is 2.40. The largest absolute Gasteiger partial charge is 0.313 e. The summed E-state index contributed by atoms with van der Waals surface area (Å²) in [5.74, 6) is 0. The van der Waals surface area contributed by atoms with Gasteiger partial charge in [-0.25, -0.2) is 0 Å². The number of hydrogen-bond acceptors (Lipinski definition) is 1. The second-order valence-corrected chi connectivity index (χ2v) is 4.69. The van der Waals surface area contributed by atoms with Gasteiger partial charge in [-0.3, -0.25) is 0 Å². The van der Waals surface area contributed by atoms with Crippen molar-refractivity contribution in [3.63, 3.8) is 0 Å². The van der Waals surface area contributed by atoms with Crippen LogP contribution in [-0.4, -0.2) is 13.1 Å². The van der Waals surface area contributed by atoms with Crippen molar-refractivity contribution < 1.29 is 0 Å². The molecular weight excluding hydrogens is 194 g/mol. The highest BCUT2D eigenvalue weighted by molar-refractivity contribution is 5.44. The average Bonchev–Trinajstić information content (AvgIpc) is 2.59. The molecule has 0 radical (unpaired) electrons. The monoisotopic (exact) mass is 217 g/mol. The number of allylic oxidation sites excluding steroid dienone is 4. The average molecular weight is 217 g/mol. The van der Waals surface area contributed by atoms with Crippen LogP contribution in [0.4, 0.5) is 0 Å². The van der Waals surface area contributed by atoms with Gasteiger partial charge in [-0.05, 0) is 36.5 Å². The summed E-state index contributed by atoms with van der Waals surface area (Å²) in [5, 5.41) is 3.44. The summed E-state index contributed by atoms with van der Waals surface area (Å²) in [5.41, 5.74) is 3.03. The quantitative estimate of drug-likeness (QED) is 0.694. The zero-order valence-electron chi connectivity index (χ0n) is 10.7. The summed E-state index contributed by atoms with van der Waals surface area (Å²) < 4.78 is 0. The smallest absolute Gasteiger partial charge is 0.0377 e. The fraction of sp³-hybridized carbons (Fsp3) is 0.467. The Labute approximate surface area is 99.6 Å². The minimum Gasteiger partial charge on any atom is -0.313 e. The van der Waals surface area contributed by atoms with Crippen molar-refractivity contribution in [3.8, 4) is 0 Å². The maximum Gasteiger partial charge on any atom is 0.0377 e. The van der Waals surface area contributed by atoms with E-state index in [0.29, 0.717) is 11.5 Å². The zero-order chi connectivity index (χ0) is 12.2. The van der Waals surface area contributed by atoms with E-state index >= 15 is 0 Å². The number of nitrogens with one attached hydrogen (secondary N) is 1. The van der Waals surface area contributed by atoms with Crippen LogP contribution in [0.3, 0.4) is 0 Å². The summed E-state index contributed by atoms with van der Waals surface area (Å²) in [7, 11) is 2.03. The molecule has 0 saturated carbocycles. The lowest BCUT2D eigenvalue weighted by molar-refractivity contribution is 0.265. The Morgan fingerprint density at radius 1 is 1.50 bits per heavy atom. The molecule has 16 heavy (non-hydrogen) atoms. The van der Waals surface area contributed by atoms with Gasteiger partial charge in [0, 0.05) is 6.04 Å². The first-order valence-electron chi connectivity index (χ1n) is 5.94. The molecule has 0 fully saturated rings. The molecule has 2 atom stereocenters. The lowest BCUT2D eigenvalue weighted by Crippen LogP contribution is -2.39. The predicted molar refractivity (Wildman–Crippen MR) is 72.4 cm³/mol. The standard InChI is InChI=1S/C15H23N/c1-6-9-10-13-12(7-2)11-15(4,8-3)14(13)16-5/h6-7,9-10,14,16H,1-2,8,11H2,3-5H3/b10-9-. The van der Waals surface area contributed by atoms with Gasteiger partial charge in [-0.1, -0.05) is 51.3 Å². The molecule has 0 amide bonds. The van der Waals surface area contributed by atoms with E-state index in [4.69, 9.17) is 0 Å². The molecule has 1 N–H and O–H groups in total. The molecule has 1 nitrogen and oxygen atoms in total. The van der Waals surface area contributed by atoms with Gasteiger partial charge >= 0.3 is 0 Å². The molecule has 0 heterocycles. The van der Waals surface area contributed by atoms with Crippen LogP contribution in [0.25, 0.3) is 0 Å². The molecule has 0 spiro atoms. The second kappa shape index (κ2) is 5.31. The lowest BCUT2D eigenvalue weighted by Gasteiger charge is -2.31. The summed E-state index contributed by atoms with van der Waals surface area (Å²) in [4.78, 5) is 0. The van der Waals surface area contributed by atoms with E-state index in [1.165, 1.54) is 17.6 Å². The summed E-state index contributed by atoms with van der Waals surface area (Å²) in [6.07, 6.45) is 10.3. The number of hydrogen-bond donors (Lipinski definition) is 1. The van der Waals surface area contributed by atoms with E-state index in [2.05, 4.69) is 38.4 Å². The Bertz CT molecular complexity index is 335. The van der Waals surface area contributed by atoms with Crippen molar-refractivity contribution in [1.29, 1.82) is 0 Å². The molecule has 1 heteroatoms. The molecule has 1 aliphatic rings. The van der Waals surface area contributed by atoms with Crippen molar-refractivity contribution in [2.24, 2.45) is 5.41 Å². The minimum atomic E-state index is 0.305. The first-order valence-corrected chi connectivity index (χ1v) is 5.94. The Morgan fingerprint density at radius 2 is 2.19 bits per heavy atom. The fourth-order valence-electron chi connectivity index (χ4n) is 2.60. The van der Waals surface area contributed by atoms with Gasteiger partial charge in [0.1, 0.15) is 0 Å². The third kappa shape index (κ3) is 2.19. The first kappa shape index (κ1) is 13.0. The van der Waals surface area contributed by atoms with Crippen LogP contribution in [0.15, 0.2) is 48.6 Å². The zero-order valence-corrected chi connectivity index (χ0v) is 10.7. The van der Waals surface area contributed by atoms with Gasteiger partial charge < -0.3 is 5.32 Å². The van der Waals surface area contributed by atoms with Gasteiger partial charge in [0.25, 0.3) is 0 Å². The molecule has 0 bridgehead atoms.